The van der Waals surface area contributed by atoms with E-state index in [0.717, 1.165) is 22.2 Å². The Balaban J connectivity index is 2.62. The topological polar surface area (TPSA) is 69.1 Å². The Bertz CT molecular complexity index is 655. The Morgan fingerprint density at radius 3 is 3.13 bits per heavy atom. The van der Waals surface area contributed by atoms with Crippen molar-refractivity contribution in [3.8, 4) is 0 Å². The molecule has 0 unspecified atom stereocenters. The molecule has 0 aliphatic carbocycles. The highest BCUT2D eigenvalue weighted by atomic mass is 15.3. The second kappa shape index (κ2) is 2.66. The molecule has 0 fully saturated rings. The number of pyridine rings is 1. The predicted octanol–water partition coefficient (Wildman–Crippen LogP) is 1.17. The zero-order chi connectivity index (χ0) is 10.4. The molecule has 0 amide bonds. The SMILES string of the molecule is Cc1cc2nc(N)c3cnccc3n2n1. The van der Waals surface area contributed by atoms with Crippen LogP contribution in [0.1, 0.15) is 5.69 Å². The van der Waals surface area contributed by atoms with E-state index in [4.69, 9.17) is 5.73 Å². The largest absolute Gasteiger partial charge is 0.383 e. The van der Waals surface area contributed by atoms with E-state index in [1.54, 1.807) is 16.9 Å². The molecule has 74 valence electrons. The van der Waals surface area contributed by atoms with Gasteiger partial charge in [-0.2, -0.15) is 5.10 Å². The minimum absolute atomic E-state index is 0.491. The van der Waals surface area contributed by atoms with Crippen LogP contribution < -0.4 is 5.73 Å². The highest BCUT2D eigenvalue weighted by Crippen LogP contribution is 2.19. The molecule has 0 spiro atoms. The summed E-state index contributed by atoms with van der Waals surface area (Å²) in [7, 11) is 0. The molecule has 0 aromatic carbocycles. The van der Waals surface area contributed by atoms with Crippen molar-refractivity contribution in [2.75, 3.05) is 5.73 Å². The van der Waals surface area contributed by atoms with Gasteiger partial charge in [0.25, 0.3) is 0 Å². The number of aryl methyl sites for hydroxylation is 1. The molecule has 0 aliphatic heterocycles. The minimum Gasteiger partial charge on any atom is -0.383 e. The molecular formula is C10H9N5. The Kier molecular flexibility index (Phi) is 1.45. The van der Waals surface area contributed by atoms with Gasteiger partial charge in [-0.05, 0) is 13.0 Å². The van der Waals surface area contributed by atoms with E-state index in [-0.39, 0.29) is 0 Å². The van der Waals surface area contributed by atoms with Crippen molar-refractivity contribution in [1.29, 1.82) is 0 Å². The zero-order valence-electron chi connectivity index (χ0n) is 8.18. The van der Waals surface area contributed by atoms with E-state index in [1.165, 1.54) is 0 Å². The summed E-state index contributed by atoms with van der Waals surface area (Å²) < 4.78 is 1.78. The van der Waals surface area contributed by atoms with Crippen molar-refractivity contribution in [3.63, 3.8) is 0 Å². The molecule has 5 nitrogen and oxygen atoms in total. The minimum atomic E-state index is 0.491. The lowest BCUT2D eigenvalue weighted by atomic mass is 10.3. The first kappa shape index (κ1) is 8.16. The van der Waals surface area contributed by atoms with Crippen molar-refractivity contribution in [2.24, 2.45) is 0 Å². The van der Waals surface area contributed by atoms with Gasteiger partial charge >= 0.3 is 0 Å². The molecule has 5 heteroatoms. The number of rotatable bonds is 0. The summed E-state index contributed by atoms with van der Waals surface area (Å²) in [6.07, 6.45) is 3.42. The van der Waals surface area contributed by atoms with Crippen LogP contribution in [-0.2, 0) is 0 Å². The maximum atomic E-state index is 5.84. The Morgan fingerprint density at radius 1 is 1.40 bits per heavy atom. The summed E-state index contributed by atoms with van der Waals surface area (Å²) >= 11 is 0. The molecule has 0 saturated heterocycles. The van der Waals surface area contributed by atoms with Gasteiger partial charge in [-0.1, -0.05) is 0 Å². The van der Waals surface area contributed by atoms with Crippen molar-refractivity contribution >= 4 is 22.4 Å². The van der Waals surface area contributed by atoms with Crippen LogP contribution in [0, 0.1) is 6.92 Å². The third-order valence-corrected chi connectivity index (χ3v) is 2.35. The van der Waals surface area contributed by atoms with Gasteiger partial charge in [0, 0.05) is 18.5 Å². The van der Waals surface area contributed by atoms with Crippen LogP contribution in [0.15, 0.2) is 24.5 Å². The summed E-state index contributed by atoms with van der Waals surface area (Å²) in [6, 6.07) is 3.78. The van der Waals surface area contributed by atoms with Gasteiger partial charge in [0.15, 0.2) is 5.65 Å². The summed E-state index contributed by atoms with van der Waals surface area (Å²) in [4.78, 5) is 8.29. The number of nitrogens with zero attached hydrogens (tertiary/aromatic N) is 4. The molecule has 0 atom stereocenters. The number of nitrogens with two attached hydrogens (primary N) is 1. The first-order valence-corrected chi connectivity index (χ1v) is 4.61. The predicted molar refractivity (Wildman–Crippen MR) is 57.4 cm³/mol. The second-order valence-electron chi connectivity index (χ2n) is 3.45. The van der Waals surface area contributed by atoms with Crippen molar-refractivity contribution < 1.29 is 0 Å². The van der Waals surface area contributed by atoms with Crippen molar-refractivity contribution in [3.05, 3.63) is 30.2 Å². The lowest BCUT2D eigenvalue weighted by Crippen LogP contribution is -1.99. The van der Waals surface area contributed by atoms with Crippen LogP contribution in [0.5, 0.6) is 0 Å². The average Bonchev–Trinajstić information content (AvgIpc) is 2.59. The van der Waals surface area contributed by atoms with E-state index in [0.29, 0.717) is 5.82 Å². The highest BCUT2D eigenvalue weighted by molar-refractivity contribution is 5.89. The smallest absolute Gasteiger partial charge is 0.158 e. The second-order valence-corrected chi connectivity index (χ2v) is 3.45. The number of hydrogen-bond donors (Lipinski definition) is 1. The maximum Gasteiger partial charge on any atom is 0.158 e. The third-order valence-electron chi connectivity index (χ3n) is 2.35. The quantitative estimate of drug-likeness (QED) is 0.590. The van der Waals surface area contributed by atoms with E-state index >= 15 is 0 Å². The number of nitrogen functional groups attached to an aromatic ring is 1. The van der Waals surface area contributed by atoms with Crippen molar-refractivity contribution in [2.45, 2.75) is 6.92 Å². The van der Waals surface area contributed by atoms with Crippen LogP contribution in [0.2, 0.25) is 0 Å². The molecule has 0 bridgehead atoms. The summed E-state index contributed by atoms with van der Waals surface area (Å²) in [5.41, 5.74) is 8.46. The fraction of sp³-hybridized carbons (Fsp3) is 0.100. The standard InChI is InChI=1S/C10H9N5/c1-6-4-9-13-10(11)7-5-12-3-2-8(7)15(9)14-6/h2-5H,1H3,(H2,11,13). The number of hydrogen-bond acceptors (Lipinski definition) is 4. The van der Waals surface area contributed by atoms with E-state index in [9.17, 15) is 0 Å². The first-order valence-electron chi connectivity index (χ1n) is 4.61. The Labute approximate surface area is 85.6 Å². The van der Waals surface area contributed by atoms with E-state index < -0.39 is 0 Å². The van der Waals surface area contributed by atoms with Gasteiger partial charge in [0.1, 0.15) is 5.82 Å². The van der Waals surface area contributed by atoms with Gasteiger partial charge in [0.2, 0.25) is 0 Å². The average molecular weight is 199 g/mol. The van der Waals surface area contributed by atoms with E-state index in [1.807, 2.05) is 19.1 Å². The van der Waals surface area contributed by atoms with Gasteiger partial charge in [-0.3, -0.25) is 4.98 Å². The first-order chi connectivity index (χ1) is 7.25. The normalized spacial score (nSPS) is 11.3. The molecule has 15 heavy (non-hydrogen) atoms. The molecule has 0 aliphatic rings. The van der Waals surface area contributed by atoms with Crippen molar-refractivity contribution in [1.82, 2.24) is 19.6 Å². The van der Waals surface area contributed by atoms with Crippen LogP contribution in [0.4, 0.5) is 5.82 Å². The third kappa shape index (κ3) is 1.06. The lowest BCUT2D eigenvalue weighted by Gasteiger charge is -2.02. The lowest BCUT2D eigenvalue weighted by molar-refractivity contribution is 0.956. The molecule has 3 rings (SSSR count). The number of anilines is 1. The maximum absolute atomic E-state index is 5.84. The molecule has 3 aromatic rings. The number of fused-ring (bicyclic) bond motifs is 3. The zero-order valence-corrected chi connectivity index (χ0v) is 8.18. The summed E-state index contributed by atoms with van der Waals surface area (Å²) in [5.74, 6) is 0.491. The highest BCUT2D eigenvalue weighted by Gasteiger charge is 2.07. The fourth-order valence-corrected chi connectivity index (χ4v) is 1.70. The summed E-state index contributed by atoms with van der Waals surface area (Å²) in [6.45, 7) is 1.93. The fourth-order valence-electron chi connectivity index (χ4n) is 1.70. The number of aromatic nitrogens is 4. The van der Waals surface area contributed by atoms with Gasteiger partial charge in [-0.25, -0.2) is 9.50 Å². The van der Waals surface area contributed by atoms with Crippen LogP contribution in [0.3, 0.4) is 0 Å². The van der Waals surface area contributed by atoms with E-state index in [2.05, 4.69) is 15.1 Å². The Morgan fingerprint density at radius 2 is 2.27 bits per heavy atom. The van der Waals surface area contributed by atoms with Crippen LogP contribution >= 0.6 is 0 Å². The molecule has 0 saturated carbocycles. The van der Waals surface area contributed by atoms with Crippen LogP contribution in [-0.4, -0.2) is 19.6 Å². The summed E-state index contributed by atoms with van der Waals surface area (Å²) in [5, 5.41) is 5.18. The molecular weight excluding hydrogens is 190 g/mol. The monoisotopic (exact) mass is 199 g/mol. The van der Waals surface area contributed by atoms with Crippen LogP contribution in [0.25, 0.3) is 16.6 Å². The Hall–Kier alpha value is -2.17. The van der Waals surface area contributed by atoms with Gasteiger partial charge in [0.05, 0.1) is 16.6 Å². The molecule has 0 radical (unpaired) electrons. The molecule has 3 heterocycles. The van der Waals surface area contributed by atoms with Gasteiger partial charge < -0.3 is 5.73 Å². The van der Waals surface area contributed by atoms with Gasteiger partial charge in [-0.15, -0.1) is 0 Å². The molecule has 2 N–H and O–H groups in total. The molecule has 3 aromatic heterocycles.